The monoisotopic (exact) mass is 494 g/mol. The molecule has 0 spiro atoms. The zero-order chi connectivity index (χ0) is 24.2. The number of halogens is 1. The number of aryl methyl sites for hydroxylation is 1. The average molecular weight is 495 g/mol. The third-order valence-corrected chi connectivity index (χ3v) is 6.31. The Kier molecular flexibility index (Phi) is 7.00. The van der Waals surface area contributed by atoms with Gasteiger partial charge in [0.15, 0.2) is 0 Å². The zero-order valence-corrected chi connectivity index (χ0v) is 19.6. The van der Waals surface area contributed by atoms with Crippen molar-refractivity contribution in [2.45, 2.75) is 20.1 Å². The van der Waals surface area contributed by atoms with E-state index in [9.17, 15) is 19.7 Å². The summed E-state index contributed by atoms with van der Waals surface area (Å²) in [4.78, 5) is 37.2. The summed E-state index contributed by atoms with van der Waals surface area (Å²) in [5, 5.41) is 10.9. The van der Waals surface area contributed by atoms with Gasteiger partial charge in [-0.2, -0.15) is 0 Å². The van der Waals surface area contributed by atoms with Gasteiger partial charge in [-0.15, -0.1) is 0 Å². The van der Waals surface area contributed by atoms with Crippen molar-refractivity contribution in [3.05, 3.63) is 109 Å². The molecule has 0 aliphatic carbocycles. The molecule has 34 heavy (non-hydrogen) atoms. The number of carbonyl (C=O) groups excluding carboxylic acids is 2. The molecule has 3 aromatic carbocycles. The number of ether oxygens (including phenoxy) is 1. The molecule has 0 radical (unpaired) electrons. The van der Waals surface area contributed by atoms with E-state index in [2.05, 4.69) is 0 Å². The number of hydrogen-bond donors (Lipinski definition) is 0. The van der Waals surface area contributed by atoms with E-state index in [0.29, 0.717) is 26.8 Å². The molecular formula is C25H19ClN2O5S. The Hall–Kier alpha value is -3.62. The number of thioether (sulfide) groups is 1. The molecule has 1 aliphatic heterocycles. The predicted molar refractivity (Wildman–Crippen MR) is 132 cm³/mol. The fraction of sp³-hybridized carbons (Fsp3) is 0.120. The van der Waals surface area contributed by atoms with Gasteiger partial charge in [0.1, 0.15) is 12.4 Å². The number of benzene rings is 3. The molecule has 1 aliphatic rings. The van der Waals surface area contributed by atoms with E-state index in [-0.39, 0.29) is 30.0 Å². The minimum Gasteiger partial charge on any atom is -0.487 e. The molecule has 0 N–H and O–H groups in total. The number of nitrogens with zero attached hydrogens (tertiary/aromatic N) is 2. The maximum atomic E-state index is 12.8. The second-order valence-corrected chi connectivity index (χ2v) is 9.06. The van der Waals surface area contributed by atoms with Crippen LogP contribution in [0.1, 0.15) is 22.3 Å². The van der Waals surface area contributed by atoms with Crippen LogP contribution in [-0.4, -0.2) is 21.0 Å². The van der Waals surface area contributed by atoms with Gasteiger partial charge in [0, 0.05) is 12.1 Å². The maximum absolute atomic E-state index is 12.8. The van der Waals surface area contributed by atoms with Gasteiger partial charge in [-0.05, 0) is 53.6 Å². The summed E-state index contributed by atoms with van der Waals surface area (Å²) in [7, 11) is 0. The predicted octanol–water partition coefficient (Wildman–Crippen LogP) is 6.37. The Labute approximate surface area is 205 Å². The van der Waals surface area contributed by atoms with Crippen molar-refractivity contribution >= 4 is 46.3 Å². The molecule has 3 aromatic rings. The van der Waals surface area contributed by atoms with E-state index < -0.39 is 4.92 Å². The first-order chi connectivity index (χ1) is 16.3. The number of carbonyl (C=O) groups is 2. The van der Waals surface area contributed by atoms with Crippen LogP contribution in [0.5, 0.6) is 5.75 Å². The standard InChI is InChI=1S/C25H19ClN2O5S/c1-16-5-7-17(8-6-16)14-27-24(29)23(34-25(27)30)13-18-9-10-22(21(26)12-18)33-15-19-3-2-4-20(11-19)28(31)32/h2-13H,14-15H2,1H3/b23-13-. The number of hydrogen-bond acceptors (Lipinski definition) is 6. The third-order valence-electron chi connectivity index (χ3n) is 5.10. The van der Waals surface area contributed by atoms with Crippen LogP contribution >= 0.6 is 23.4 Å². The lowest BCUT2D eigenvalue weighted by molar-refractivity contribution is -0.384. The molecule has 2 amide bonds. The molecule has 0 atom stereocenters. The van der Waals surface area contributed by atoms with Gasteiger partial charge >= 0.3 is 0 Å². The number of nitro groups is 1. The van der Waals surface area contributed by atoms with Crippen LogP contribution in [0, 0.1) is 17.0 Å². The Morgan fingerprint density at radius 2 is 1.82 bits per heavy atom. The molecule has 0 bridgehead atoms. The van der Waals surface area contributed by atoms with E-state index in [1.54, 1.807) is 36.4 Å². The van der Waals surface area contributed by atoms with Crippen LogP contribution in [0.2, 0.25) is 5.02 Å². The lowest BCUT2D eigenvalue weighted by atomic mass is 10.1. The molecule has 1 saturated heterocycles. The van der Waals surface area contributed by atoms with Crippen LogP contribution in [0.15, 0.2) is 71.6 Å². The number of nitro benzene ring substituents is 1. The summed E-state index contributed by atoms with van der Waals surface area (Å²) < 4.78 is 5.70. The molecule has 7 nitrogen and oxygen atoms in total. The average Bonchev–Trinajstić information content (AvgIpc) is 3.07. The minimum atomic E-state index is -0.465. The summed E-state index contributed by atoms with van der Waals surface area (Å²) in [6.07, 6.45) is 1.62. The van der Waals surface area contributed by atoms with Gasteiger partial charge in [0.25, 0.3) is 16.8 Å². The summed E-state index contributed by atoms with van der Waals surface area (Å²) in [5.41, 5.74) is 3.25. The van der Waals surface area contributed by atoms with E-state index >= 15 is 0 Å². The SMILES string of the molecule is Cc1ccc(CN2C(=O)S/C(=C\c3ccc(OCc4cccc([N+](=O)[O-])c4)c(Cl)c3)C2=O)cc1. The van der Waals surface area contributed by atoms with Gasteiger partial charge in [0.05, 0.1) is 21.4 Å². The molecule has 4 rings (SSSR count). The van der Waals surface area contributed by atoms with Crippen LogP contribution in [0.25, 0.3) is 6.08 Å². The van der Waals surface area contributed by atoms with Gasteiger partial charge in [-0.1, -0.05) is 59.6 Å². The quantitative estimate of drug-likeness (QED) is 0.215. The molecule has 9 heteroatoms. The highest BCUT2D eigenvalue weighted by molar-refractivity contribution is 8.18. The lowest BCUT2D eigenvalue weighted by Crippen LogP contribution is -2.27. The van der Waals surface area contributed by atoms with Crippen molar-refractivity contribution in [1.82, 2.24) is 4.90 Å². The molecule has 1 fully saturated rings. The van der Waals surface area contributed by atoms with E-state index in [0.717, 1.165) is 22.9 Å². The second kappa shape index (κ2) is 10.1. The van der Waals surface area contributed by atoms with Gasteiger partial charge in [-0.25, -0.2) is 0 Å². The second-order valence-electron chi connectivity index (χ2n) is 7.66. The maximum Gasteiger partial charge on any atom is 0.293 e. The largest absolute Gasteiger partial charge is 0.487 e. The highest BCUT2D eigenvalue weighted by atomic mass is 35.5. The Morgan fingerprint density at radius 1 is 1.06 bits per heavy atom. The third kappa shape index (κ3) is 5.47. The van der Waals surface area contributed by atoms with Crippen molar-refractivity contribution in [3.63, 3.8) is 0 Å². The van der Waals surface area contributed by atoms with E-state index in [1.807, 2.05) is 31.2 Å². The first-order valence-corrected chi connectivity index (χ1v) is 11.5. The van der Waals surface area contributed by atoms with Crippen molar-refractivity contribution in [2.24, 2.45) is 0 Å². The number of imide groups is 1. The van der Waals surface area contributed by atoms with Crippen LogP contribution in [0.3, 0.4) is 0 Å². The van der Waals surface area contributed by atoms with Gasteiger partial charge in [-0.3, -0.25) is 24.6 Å². The number of non-ortho nitro benzene ring substituents is 1. The topological polar surface area (TPSA) is 89.8 Å². The molecule has 0 unspecified atom stereocenters. The van der Waals surface area contributed by atoms with Crippen molar-refractivity contribution < 1.29 is 19.2 Å². The first-order valence-electron chi connectivity index (χ1n) is 10.3. The van der Waals surface area contributed by atoms with Crippen LogP contribution in [0.4, 0.5) is 10.5 Å². The highest BCUT2D eigenvalue weighted by Crippen LogP contribution is 2.35. The fourth-order valence-corrected chi connectivity index (χ4v) is 4.39. The zero-order valence-electron chi connectivity index (χ0n) is 18.1. The lowest BCUT2D eigenvalue weighted by Gasteiger charge is -2.12. The summed E-state index contributed by atoms with van der Waals surface area (Å²) in [5.74, 6) is 0.0514. The Bertz CT molecular complexity index is 1310. The molecule has 0 saturated carbocycles. The Balaban J connectivity index is 1.44. The first kappa shape index (κ1) is 23.5. The minimum absolute atomic E-state index is 0.0149. The van der Waals surface area contributed by atoms with Crippen molar-refractivity contribution in [3.8, 4) is 5.75 Å². The van der Waals surface area contributed by atoms with E-state index in [1.165, 1.54) is 17.0 Å². The Morgan fingerprint density at radius 3 is 2.53 bits per heavy atom. The van der Waals surface area contributed by atoms with Crippen molar-refractivity contribution in [2.75, 3.05) is 0 Å². The molecule has 172 valence electrons. The van der Waals surface area contributed by atoms with Gasteiger partial charge in [0.2, 0.25) is 0 Å². The summed E-state index contributed by atoms with van der Waals surface area (Å²) in [6, 6.07) is 18.9. The summed E-state index contributed by atoms with van der Waals surface area (Å²) in [6.45, 7) is 2.30. The van der Waals surface area contributed by atoms with E-state index in [4.69, 9.17) is 16.3 Å². The fourth-order valence-electron chi connectivity index (χ4n) is 3.31. The number of amides is 2. The normalized spacial score (nSPS) is 14.6. The smallest absolute Gasteiger partial charge is 0.293 e. The number of rotatable bonds is 7. The van der Waals surface area contributed by atoms with Crippen LogP contribution < -0.4 is 4.74 Å². The van der Waals surface area contributed by atoms with Crippen LogP contribution in [-0.2, 0) is 17.9 Å². The summed E-state index contributed by atoms with van der Waals surface area (Å²) >= 11 is 7.23. The molecular weight excluding hydrogens is 476 g/mol. The molecule has 1 heterocycles. The highest BCUT2D eigenvalue weighted by Gasteiger charge is 2.35. The molecule has 0 aromatic heterocycles. The van der Waals surface area contributed by atoms with Gasteiger partial charge < -0.3 is 4.74 Å². The van der Waals surface area contributed by atoms with Crippen molar-refractivity contribution in [1.29, 1.82) is 0 Å².